The third-order valence-electron chi connectivity index (χ3n) is 3.85. The molecule has 1 saturated carbocycles. The van der Waals surface area contributed by atoms with Crippen molar-refractivity contribution in [1.29, 1.82) is 0 Å². The van der Waals surface area contributed by atoms with Crippen LogP contribution < -0.4 is 5.73 Å². The maximum absolute atomic E-state index is 12.2. The van der Waals surface area contributed by atoms with E-state index in [1.165, 1.54) is 5.56 Å². The van der Waals surface area contributed by atoms with Gasteiger partial charge in [-0.25, -0.2) is 0 Å². The fraction of sp³-hybridized carbons (Fsp3) is 0.533. The van der Waals surface area contributed by atoms with Crippen molar-refractivity contribution in [2.45, 2.75) is 31.7 Å². The fourth-order valence-electron chi connectivity index (χ4n) is 2.61. The first kappa shape index (κ1) is 17.5. The van der Waals surface area contributed by atoms with Crippen molar-refractivity contribution in [1.82, 2.24) is 4.90 Å². The molecule has 1 aliphatic rings. The molecule has 20 heavy (non-hydrogen) atoms. The molecule has 0 aromatic heterocycles. The second kappa shape index (κ2) is 8.01. The number of hydrogen-bond acceptors (Lipinski definition) is 2. The van der Waals surface area contributed by atoms with Gasteiger partial charge in [0.15, 0.2) is 0 Å². The summed E-state index contributed by atoms with van der Waals surface area (Å²) in [5.74, 6) is 0.398. The van der Waals surface area contributed by atoms with Crippen molar-refractivity contribution >= 4 is 34.2 Å². The first-order valence-electron chi connectivity index (χ1n) is 6.81. The molecular formula is C15H22BrClN2O. The van der Waals surface area contributed by atoms with Crippen LogP contribution in [0.15, 0.2) is 28.7 Å². The van der Waals surface area contributed by atoms with Crippen molar-refractivity contribution in [3.63, 3.8) is 0 Å². The largest absolute Gasteiger partial charge is 0.345 e. The first-order valence-corrected chi connectivity index (χ1v) is 7.60. The van der Waals surface area contributed by atoms with Crippen molar-refractivity contribution in [3.8, 4) is 0 Å². The van der Waals surface area contributed by atoms with Gasteiger partial charge < -0.3 is 10.6 Å². The van der Waals surface area contributed by atoms with Gasteiger partial charge in [-0.15, -0.1) is 12.4 Å². The van der Waals surface area contributed by atoms with E-state index < -0.39 is 0 Å². The molecule has 1 fully saturated rings. The van der Waals surface area contributed by atoms with Gasteiger partial charge in [-0.1, -0.05) is 28.1 Å². The summed E-state index contributed by atoms with van der Waals surface area (Å²) >= 11 is 3.42. The smallest absolute Gasteiger partial charge is 0.225 e. The highest BCUT2D eigenvalue weighted by atomic mass is 79.9. The zero-order valence-corrected chi connectivity index (χ0v) is 14.1. The lowest BCUT2D eigenvalue weighted by Crippen LogP contribution is -2.34. The van der Waals surface area contributed by atoms with Gasteiger partial charge in [0, 0.05) is 30.0 Å². The number of nitrogens with two attached hydrogens (primary N) is 1. The average molecular weight is 362 g/mol. The molecular weight excluding hydrogens is 340 g/mol. The van der Waals surface area contributed by atoms with E-state index in [2.05, 4.69) is 28.1 Å². The minimum Gasteiger partial charge on any atom is -0.345 e. The first-order chi connectivity index (χ1) is 9.06. The van der Waals surface area contributed by atoms with Crippen LogP contribution in [-0.2, 0) is 11.2 Å². The minimum atomic E-state index is 0. The third kappa shape index (κ3) is 4.76. The molecule has 1 aliphatic carbocycles. The Hall–Kier alpha value is -0.580. The highest BCUT2D eigenvalue weighted by molar-refractivity contribution is 9.10. The topological polar surface area (TPSA) is 46.3 Å². The molecule has 2 N–H and O–H groups in total. The molecule has 2 unspecified atom stereocenters. The molecule has 2 atom stereocenters. The molecule has 0 saturated heterocycles. The molecule has 1 aromatic rings. The predicted octanol–water partition coefficient (Wildman–Crippen LogP) is 3.00. The number of hydrogen-bond donors (Lipinski definition) is 1. The minimum absolute atomic E-state index is 0. The van der Waals surface area contributed by atoms with Crippen LogP contribution in [0.25, 0.3) is 0 Å². The van der Waals surface area contributed by atoms with Gasteiger partial charge in [0.05, 0.1) is 0 Å². The molecule has 5 heteroatoms. The second-order valence-electron chi connectivity index (χ2n) is 5.41. The van der Waals surface area contributed by atoms with E-state index in [0.29, 0.717) is 0 Å². The molecule has 0 aliphatic heterocycles. The Morgan fingerprint density at radius 1 is 1.35 bits per heavy atom. The van der Waals surface area contributed by atoms with Crippen molar-refractivity contribution in [3.05, 3.63) is 34.3 Å². The molecule has 2 rings (SSSR count). The Balaban J connectivity index is 0.00000200. The fourth-order valence-corrected chi connectivity index (χ4v) is 2.87. The number of rotatable bonds is 4. The summed E-state index contributed by atoms with van der Waals surface area (Å²) < 4.78 is 1.08. The van der Waals surface area contributed by atoms with Gasteiger partial charge in [0.1, 0.15) is 0 Å². The summed E-state index contributed by atoms with van der Waals surface area (Å²) in [4.78, 5) is 14.1. The SMILES string of the molecule is CN(CCc1ccc(Br)cc1)C(=O)C1CCC(N)C1.Cl. The summed E-state index contributed by atoms with van der Waals surface area (Å²) in [6.07, 6.45) is 3.68. The average Bonchev–Trinajstić information content (AvgIpc) is 2.83. The number of likely N-dealkylation sites (N-methyl/N-ethyl adjacent to an activating group) is 1. The molecule has 3 nitrogen and oxygen atoms in total. The lowest BCUT2D eigenvalue weighted by atomic mass is 10.1. The van der Waals surface area contributed by atoms with E-state index in [9.17, 15) is 4.79 Å². The van der Waals surface area contributed by atoms with Gasteiger partial charge in [-0.05, 0) is 43.4 Å². The highest BCUT2D eigenvalue weighted by Crippen LogP contribution is 2.25. The van der Waals surface area contributed by atoms with Gasteiger partial charge in [0.25, 0.3) is 0 Å². The monoisotopic (exact) mass is 360 g/mol. The summed E-state index contributed by atoms with van der Waals surface area (Å²) in [6, 6.07) is 8.47. The normalized spacial score (nSPS) is 21.4. The number of carbonyl (C=O) groups is 1. The van der Waals surface area contributed by atoms with E-state index in [1.807, 2.05) is 24.1 Å². The Morgan fingerprint density at radius 3 is 2.55 bits per heavy atom. The quantitative estimate of drug-likeness (QED) is 0.896. The molecule has 1 aromatic carbocycles. The summed E-state index contributed by atoms with van der Waals surface area (Å²) in [6.45, 7) is 0.770. The van der Waals surface area contributed by atoms with Crippen molar-refractivity contribution in [2.75, 3.05) is 13.6 Å². The lowest BCUT2D eigenvalue weighted by Gasteiger charge is -2.21. The van der Waals surface area contributed by atoms with E-state index >= 15 is 0 Å². The predicted molar refractivity (Wildman–Crippen MR) is 88.0 cm³/mol. The summed E-state index contributed by atoms with van der Waals surface area (Å²) in [5, 5.41) is 0. The van der Waals surface area contributed by atoms with Crippen LogP contribution >= 0.6 is 28.3 Å². The maximum Gasteiger partial charge on any atom is 0.225 e. The van der Waals surface area contributed by atoms with Gasteiger partial charge in [-0.3, -0.25) is 4.79 Å². The van der Waals surface area contributed by atoms with Crippen LogP contribution in [0.5, 0.6) is 0 Å². The number of amides is 1. The third-order valence-corrected chi connectivity index (χ3v) is 4.38. The molecule has 0 radical (unpaired) electrons. The van der Waals surface area contributed by atoms with Crippen LogP contribution in [0.1, 0.15) is 24.8 Å². The summed E-state index contributed by atoms with van der Waals surface area (Å²) in [5.41, 5.74) is 7.12. The van der Waals surface area contributed by atoms with E-state index in [0.717, 1.165) is 36.7 Å². The van der Waals surface area contributed by atoms with E-state index in [-0.39, 0.29) is 30.3 Å². The highest BCUT2D eigenvalue weighted by Gasteiger charge is 2.29. The standard InChI is InChI=1S/C15H21BrN2O.ClH/c1-18(15(19)12-4-7-14(17)10-12)9-8-11-2-5-13(16)6-3-11;/h2-3,5-6,12,14H,4,7-10,17H2,1H3;1H. The Labute approximate surface area is 135 Å². The zero-order chi connectivity index (χ0) is 13.8. The van der Waals surface area contributed by atoms with Crippen LogP contribution in [0, 0.1) is 5.92 Å². The Kier molecular flexibility index (Phi) is 7.00. The lowest BCUT2D eigenvalue weighted by molar-refractivity contribution is -0.134. The van der Waals surface area contributed by atoms with Crippen LogP contribution in [0.4, 0.5) is 0 Å². The Morgan fingerprint density at radius 2 is 2.00 bits per heavy atom. The van der Waals surface area contributed by atoms with Gasteiger partial charge in [-0.2, -0.15) is 0 Å². The molecule has 112 valence electrons. The van der Waals surface area contributed by atoms with Crippen LogP contribution in [-0.4, -0.2) is 30.4 Å². The second-order valence-corrected chi connectivity index (χ2v) is 6.32. The Bertz CT molecular complexity index is 438. The summed E-state index contributed by atoms with van der Waals surface area (Å²) in [7, 11) is 1.89. The van der Waals surface area contributed by atoms with Crippen molar-refractivity contribution < 1.29 is 4.79 Å². The number of carbonyl (C=O) groups excluding carboxylic acids is 1. The molecule has 1 amide bonds. The zero-order valence-electron chi connectivity index (χ0n) is 11.7. The number of benzene rings is 1. The van der Waals surface area contributed by atoms with Crippen molar-refractivity contribution in [2.24, 2.45) is 11.7 Å². The molecule has 0 bridgehead atoms. The molecule has 0 heterocycles. The van der Waals surface area contributed by atoms with E-state index in [4.69, 9.17) is 5.73 Å². The van der Waals surface area contributed by atoms with Crippen LogP contribution in [0.2, 0.25) is 0 Å². The maximum atomic E-state index is 12.2. The van der Waals surface area contributed by atoms with Gasteiger partial charge >= 0.3 is 0 Å². The number of halogens is 2. The van der Waals surface area contributed by atoms with Crippen LogP contribution in [0.3, 0.4) is 0 Å². The van der Waals surface area contributed by atoms with E-state index in [1.54, 1.807) is 0 Å². The number of nitrogens with zero attached hydrogens (tertiary/aromatic N) is 1. The molecule has 0 spiro atoms. The van der Waals surface area contributed by atoms with Gasteiger partial charge in [0.2, 0.25) is 5.91 Å².